The van der Waals surface area contributed by atoms with Gasteiger partial charge in [0.15, 0.2) is 5.82 Å². The number of hydrogen-bond donors (Lipinski definition) is 1. The second-order valence-corrected chi connectivity index (χ2v) is 11.1. The Hall–Kier alpha value is -4.04. The Balaban J connectivity index is 1.46. The first kappa shape index (κ1) is 25.6. The van der Waals surface area contributed by atoms with Crippen LogP contribution in [0.2, 0.25) is 0 Å². The monoisotopic (exact) mass is 556 g/mol. The van der Waals surface area contributed by atoms with Crippen LogP contribution >= 0.6 is 11.3 Å². The van der Waals surface area contributed by atoms with E-state index in [1.165, 1.54) is 36.6 Å². The van der Waals surface area contributed by atoms with E-state index in [9.17, 15) is 18.0 Å². The molecule has 0 saturated carbocycles. The number of piperidine rings is 1. The number of methoxy groups -OCH3 is 1. The van der Waals surface area contributed by atoms with Gasteiger partial charge in [-0.1, -0.05) is 17.7 Å². The van der Waals surface area contributed by atoms with Gasteiger partial charge in [-0.05, 0) is 31.9 Å². The maximum absolute atomic E-state index is 13.4. The van der Waals surface area contributed by atoms with E-state index < -0.39 is 22.1 Å². The largest absolute Gasteiger partial charge is 0.453 e. The maximum atomic E-state index is 13.4. The van der Waals surface area contributed by atoms with E-state index in [4.69, 9.17) is 4.18 Å². The number of rotatable bonds is 6. The lowest BCUT2D eigenvalue weighted by molar-refractivity contribution is 0.0697. The molecule has 1 N–H and O–H groups in total. The van der Waals surface area contributed by atoms with Gasteiger partial charge in [0, 0.05) is 36.8 Å². The van der Waals surface area contributed by atoms with Gasteiger partial charge in [-0.3, -0.25) is 4.79 Å². The molecular formula is C24H24N6O6S2. The standard InChI is InChI=1S/C24H24N6O6S2/c1-15-3-5-17(6-4-15)38(33,34)36-20-13-19(22(31)29-9-7-16(8-10-29)26-24(32)35-2)27-21(28-20)18-14-25-30-11-12-37-23(18)30/h3-6,11-14,16H,7-10H2,1-2H3,(H,26,32). The average Bonchev–Trinajstić information content (AvgIpc) is 3.53. The topological polar surface area (TPSA) is 145 Å². The van der Waals surface area contributed by atoms with Crippen molar-refractivity contribution in [3.8, 4) is 17.3 Å². The molecule has 1 aromatic carbocycles. The Labute approximate surface area is 222 Å². The minimum atomic E-state index is -4.22. The smallest absolute Gasteiger partial charge is 0.407 e. The van der Waals surface area contributed by atoms with Crippen LogP contribution in [0.1, 0.15) is 28.9 Å². The fourth-order valence-corrected chi connectivity index (χ4v) is 5.73. The molecule has 0 radical (unpaired) electrons. The summed E-state index contributed by atoms with van der Waals surface area (Å²) in [5.41, 5.74) is 1.42. The summed E-state index contributed by atoms with van der Waals surface area (Å²) in [6.45, 7) is 2.58. The number of nitrogens with zero attached hydrogens (tertiary/aromatic N) is 5. The predicted octanol–water partition coefficient (Wildman–Crippen LogP) is 2.89. The highest BCUT2D eigenvalue weighted by molar-refractivity contribution is 7.87. The Bertz CT molecular complexity index is 1590. The lowest BCUT2D eigenvalue weighted by atomic mass is 10.0. The molecule has 12 nitrogen and oxygen atoms in total. The van der Waals surface area contributed by atoms with Gasteiger partial charge in [-0.25, -0.2) is 14.3 Å². The number of aryl methyl sites for hydroxylation is 1. The van der Waals surface area contributed by atoms with Crippen LogP contribution in [0.15, 0.2) is 53.0 Å². The Kier molecular flexibility index (Phi) is 6.99. The Morgan fingerprint density at radius 3 is 2.58 bits per heavy atom. The highest BCUT2D eigenvalue weighted by Crippen LogP contribution is 2.28. The van der Waals surface area contributed by atoms with E-state index in [0.717, 1.165) is 10.4 Å². The third-order valence-corrected chi connectivity index (χ3v) is 8.22. The number of likely N-dealkylation sites (tertiary alicyclic amines) is 1. The summed E-state index contributed by atoms with van der Waals surface area (Å²) in [6.07, 6.45) is 3.86. The van der Waals surface area contributed by atoms with Gasteiger partial charge in [-0.15, -0.1) is 11.3 Å². The zero-order chi connectivity index (χ0) is 26.9. The third kappa shape index (κ3) is 5.31. The number of carbonyl (C=O) groups excluding carboxylic acids is 2. The van der Waals surface area contributed by atoms with E-state index in [1.54, 1.807) is 33.9 Å². The molecule has 0 unspecified atom stereocenters. The second-order valence-electron chi connectivity index (χ2n) is 8.68. The van der Waals surface area contributed by atoms with Gasteiger partial charge in [0.1, 0.15) is 15.4 Å². The summed E-state index contributed by atoms with van der Waals surface area (Å²) >= 11 is 1.40. The van der Waals surface area contributed by atoms with Crippen molar-refractivity contribution in [1.29, 1.82) is 0 Å². The Morgan fingerprint density at radius 2 is 1.87 bits per heavy atom. The van der Waals surface area contributed by atoms with Crippen molar-refractivity contribution in [3.63, 3.8) is 0 Å². The molecule has 0 atom stereocenters. The number of hydrogen-bond acceptors (Lipinski definition) is 10. The number of thiazole rings is 1. The molecule has 0 aliphatic carbocycles. The van der Waals surface area contributed by atoms with Crippen molar-refractivity contribution in [2.45, 2.75) is 30.7 Å². The van der Waals surface area contributed by atoms with Gasteiger partial charge >= 0.3 is 16.2 Å². The fraction of sp³-hybridized carbons (Fsp3) is 0.292. The van der Waals surface area contributed by atoms with Crippen LogP contribution in [0.3, 0.4) is 0 Å². The van der Waals surface area contributed by atoms with E-state index in [0.29, 0.717) is 31.5 Å². The molecule has 0 bridgehead atoms. The molecule has 198 valence electrons. The number of nitrogens with one attached hydrogen (secondary N) is 1. The van der Waals surface area contributed by atoms with E-state index in [1.807, 2.05) is 12.3 Å². The number of ether oxygens (including phenoxy) is 1. The number of fused-ring (bicyclic) bond motifs is 1. The molecule has 4 aromatic rings. The zero-order valence-corrected chi connectivity index (χ0v) is 22.2. The molecule has 3 aromatic heterocycles. The summed E-state index contributed by atoms with van der Waals surface area (Å²) in [4.78, 5) is 36.0. The number of alkyl carbamates (subject to hydrolysis) is 1. The minimum Gasteiger partial charge on any atom is -0.453 e. The molecule has 5 rings (SSSR count). The molecule has 14 heteroatoms. The average molecular weight is 557 g/mol. The lowest BCUT2D eigenvalue weighted by Gasteiger charge is -2.31. The van der Waals surface area contributed by atoms with E-state index >= 15 is 0 Å². The number of benzene rings is 1. The van der Waals surface area contributed by atoms with Gasteiger partial charge < -0.3 is 19.1 Å². The van der Waals surface area contributed by atoms with E-state index in [-0.39, 0.29) is 28.3 Å². The van der Waals surface area contributed by atoms with Crippen molar-refractivity contribution in [2.24, 2.45) is 0 Å². The lowest BCUT2D eigenvalue weighted by Crippen LogP contribution is -2.46. The molecule has 2 amide bonds. The maximum Gasteiger partial charge on any atom is 0.407 e. The van der Waals surface area contributed by atoms with Crippen molar-refractivity contribution in [1.82, 2.24) is 29.8 Å². The van der Waals surface area contributed by atoms with Crippen LogP contribution in [-0.4, -0.2) is 71.1 Å². The van der Waals surface area contributed by atoms with Crippen LogP contribution < -0.4 is 9.50 Å². The summed E-state index contributed by atoms with van der Waals surface area (Å²) in [5.74, 6) is -0.570. The fourth-order valence-electron chi connectivity index (χ4n) is 4.06. The van der Waals surface area contributed by atoms with Crippen molar-refractivity contribution in [3.05, 3.63) is 59.4 Å². The molecule has 0 spiro atoms. The van der Waals surface area contributed by atoms with Crippen LogP contribution in [-0.2, 0) is 14.9 Å². The number of carbonyl (C=O) groups is 2. The van der Waals surface area contributed by atoms with Crippen molar-refractivity contribution < 1.29 is 26.9 Å². The summed E-state index contributed by atoms with van der Waals surface area (Å²) in [6, 6.07) is 7.32. The van der Waals surface area contributed by atoms with Crippen LogP contribution in [0.4, 0.5) is 4.79 Å². The quantitative estimate of drug-likeness (QED) is 0.354. The third-order valence-electron chi connectivity index (χ3n) is 6.09. The van der Waals surface area contributed by atoms with Crippen LogP contribution in [0, 0.1) is 6.92 Å². The van der Waals surface area contributed by atoms with Gasteiger partial charge in [0.25, 0.3) is 5.91 Å². The predicted molar refractivity (Wildman–Crippen MR) is 138 cm³/mol. The van der Waals surface area contributed by atoms with Gasteiger partial charge in [0.05, 0.1) is 18.9 Å². The van der Waals surface area contributed by atoms with Gasteiger partial charge in [-0.2, -0.15) is 18.5 Å². The number of amides is 2. The van der Waals surface area contributed by atoms with Crippen molar-refractivity contribution >= 4 is 38.3 Å². The minimum absolute atomic E-state index is 0.0145. The van der Waals surface area contributed by atoms with E-state index in [2.05, 4.69) is 25.1 Å². The Morgan fingerprint density at radius 1 is 1.13 bits per heavy atom. The highest BCUT2D eigenvalue weighted by atomic mass is 32.2. The summed E-state index contributed by atoms with van der Waals surface area (Å²) < 4.78 is 37.6. The summed E-state index contributed by atoms with van der Waals surface area (Å²) in [5, 5.41) is 8.85. The molecule has 38 heavy (non-hydrogen) atoms. The van der Waals surface area contributed by atoms with Gasteiger partial charge in [0.2, 0.25) is 5.88 Å². The number of aromatic nitrogens is 4. The first-order valence-electron chi connectivity index (χ1n) is 11.7. The molecule has 1 aliphatic rings. The molecule has 1 fully saturated rings. The normalized spacial score (nSPS) is 14.4. The molecular weight excluding hydrogens is 532 g/mol. The SMILES string of the molecule is COC(=O)NC1CCN(C(=O)c2cc(OS(=O)(=O)c3ccc(C)cc3)nc(-c3cnn4ccsc34)n2)CC1. The molecule has 1 saturated heterocycles. The molecule has 4 heterocycles. The second kappa shape index (κ2) is 10.4. The van der Waals surface area contributed by atoms with Crippen LogP contribution in [0.5, 0.6) is 5.88 Å². The summed E-state index contributed by atoms with van der Waals surface area (Å²) in [7, 11) is -2.93. The zero-order valence-electron chi connectivity index (χ0n) is 20.5. The van der Waals surface area contributed by atoms with Crippen molar-refractivity contribution in [2.75, 3.05) is 20.2 Å². The van der Waals surface area contributed by atoms with Crippen LogP contribution in [0.25, 0.3) is 16.2 Å². The highest BCUT2D eigenvalue weighted by Gasteiger charge is 2.28. The molecule has 1 aliphatic heterocycles. The first-order valence-corrected chi connectivity index (χ1v) is 14.0. The first-order chi connectivity index (χ1) is 18.2.